The molecule has 0 radical (unpaired) electrons. The number of benzene rings is 2. The van der Waals surface area contributed by atoms with Gasteiger partial charge in [0.05, 0.1) is 13.5 Å². The average Bonchev–Trinajstić information content (AvgIpc) is 2.63. The molecule has 1 heterocycles. The van der Waals surface area contributed by atoms with E-state index < -0.39 is 0 Å². The molecule has 1 N–H and O–H groups in total. The van der Waals surface area contributed by atoms with Gasteiger partial charge in [0.2, 0.25) is 5.95 Å². The van der Waals surface area contributed by atoms with Crippen molar-refractivity contribution < 1.29 is 14.3 Å². The Balaban J connectivity index is 1.58. The van der Waals surface area contributed by atoms with Crippen molar-refractivity contribution in [3.63, 3.8) is 0 Å². The number of carbonyl (C=O) groups excluding carboxylic acids is 1. The zero-order chi connectivity index (χ0) is 19.2. The fraction of sp³-hybridized carbons (Fsp3) is 0.190. The number of methoxy groups -OCH3 is 1. The summed E-state index contributed by atoms with van der Waals surface area (Å²) in [6, 6.07) is 16.3. The van der Waals surface area contributed by atoms with Crippen LogP contribution in [-0.2, 0) is 11.2 Å². The number of hydrogen-bond acceptors (Lipinski definition) is 6. The SMILES string of the molecule is COc1ccc(CC(=O)Oc2ccc(Nc3nc(C)cc(C)n3)cc2)cc1. The normalized spacial score (nSPS) is 10.3. The lowest BCUT2D eigenvalue weighted by atomic mass is 10.1. The highest BCUT2D eigenvalue weighted by molar-refractivity contribution is 5.75. The second-order valence-electron chi connectivity index (χ2n) is 6.12. The molecule has 0 amide bonds. The Hall–Kier alpha value is -3.41. The lowest BCUT2D eigenvalue weighted by Gasteiger charge is -2.08. The lowest BCUT2D eigenvalue weighted by molar-refractivity contribution is -0.133. The van der Waals surface area contributed by atoms with Gasteiger partial charge in [0.1, 0.15) is 11.5 Å². The number of aryl methyl sites for hydroxylation is 2. The van der Waals surface area contributed by atoms with Gasteiger partial charge in [0.25, 0.3) is 0 Å². The van der Waals surface area contributed by atoms with E-state index in [0.717, 1.165) is 28.4 Å². The molecule has 0 unspecified atom stereocenters. The third kappa shape index (κ3) is 5.28. The van der Waals surface area contributed by atoms with E-state index in [9.17, 15) is 4.79 Å². The van der Waals surface area contributed by atoms with E-state index in [1.165, 1.54) is 0 Å². The van der Waals surface area contributed by atoms with Crippen molar-refractivity contribution in [3.8, 4) is 11.5 Å². The summed E-state index contributed by atoms with van der Waals surface area (Å²) < 4.78 is 10.5. The number of anilines is 2. The van der Waals surface area contributed by atoms with Gasteiger partial charge in [-0.15, -0.1) is 0 Å². The minimum Gasteiger partial charge on any atom is -0.497 e. The van der Waals surface area contributed by atoms with Crippen molar-refractivity contribution in [2.45, 2.75) is 20.3 Å². The van der Waals surface area contributed by atoms with Crippen molar-refractivity contribution in [2.24, 2.45) is 0 Å². The highest BCUT2D eigenvalue weighted by Gasteiger charge is 2.07. The van der Waals surface area contributed by atoms with Crippen LogP contribution in [0.25, 0.3) is 0 Å². The Morgan fingerprint density at radius 2 is 1.52 bits per heavy atom. The van der Waals surface area contributed by atoms with Gasteiger partial charge in [-0.1, -0.05) is 12.1 Å². The van der Waals surface area contributed by atoms with E-state index in [0.29, 0.717) is 11.7 Å². The second-order valence-corrected chi connectivity index (χ2v) is 6.12. The first-order valence-electron chi connectivity index (χ1n) is 8.55. The molecule has 1 aromatic heterocycles. The summed E-state index contributed by atoms with van der Waals surface area (Å²) in [5.74, 6) is 1.46. The van der Waals surface area contributed by atoms with Crippen LogP contribution in [0.3, 0.4) is 0 Å². The lowest BCUT2D eigenvalue weighted by Crippen LogP contribution is -2.11. The molecule has 0 aliphatic carbocycles. The number of esters is 1. The van der Waals surface area contributed by atoms with Crippen molar-refractivity contribution in [1.29, 1.82) is 0 Å². The Bertz CT molecular complexity index is 902. The summed E-state index contributed by atoms with van der Waals surface area (Å²) in [4.78, 5) is 20.8. The fourth-order valence-corrected chi connectivity index (χ4v) is 2.59. The van der Waals surface area contributed by atoms with E-state index in [4.69, 9.17) is 9.47 Å². The van der Waals surface area contributed by atoms with Gasteiger partial charge in [0.15, 0.2) is 0 Å². The summed E-state index contributed by atoms with van der Waals surface area (Å²) in [5.41, 5.74) is 3.48. The van der Waals surface area contributed by atoms with Gasteiger partial charge < -0.3 is 14.8 Å². The smallest absolute Gasteiger partial charge is 0.315 e. The standard InChI is InChI=1S/C21H21N3O3/c1-14-12-15(2)23-21(22-14)24-17-6-10-19(11-7-17)27-20(25)13-16-4-8-18(26-3)9-5-16/h4-12H,13H2,1-3H3,(H,22,23,24). The second kappa shape index (κ2) is 8.31. The van der Waals surface area contributed by atoms with Crippen molar-refractivity contribution in [3.05, 3.63) is 71.5 Å². The Kier molecular flexibility index (Phi) is 5.66. The molecule has 6 nitrogen and oxygen atoms in total. The van der Waals surface area contributed by atoms with Gasteiger partial charge >= 0.3 is 5.97 Å². The quantitative estimate of drug-likeness (QED) is 0.527. The van der Waals surface area contributed by atoms with Gasteiger partial charge in [-0.3, -0.25) is 4.79 Å². The Labute approximate surface area is 158 Å². The number of rotatable bonds is 6. The van der Waals surface area contributed by atoms with Crippen LogP contribution in [0, 0.1) is 13.8 Å². The number of nitrogens with one attached hydrogen (secondary N) is 1. The molecule has 3 rings (SSSR count). The van der Waals surface area contributed by atoms with Crippen LogP contribution in [0.2, 0.25) is 0 Å². The van der Waals surface area contributed by atoms with Crippen LogP contribution in [0.15, 0.2) is 54.6 Å². The summed E-state index contributed by atoms with van der Waals surface area (Å²) in [5, 5.41) is 3.14. The van der Waals surface area contributed by atoms with Gasteiger partial charge in [-0.25, -0.2) is 9.97 Å². The van der Waals surface area contributed by atoms with Gasteiger partial charge in [-0.2, -0.15) is 0 Å². The maximum atomic E-state index is 12.1. The molecule has 3 aromatic rings. The monoisotopic (exact) mass is 363 g/mol. The molecule has 2 aromatic carbocycles. The first kappa shape index (κ1) is 18.4. The minimum atomic E-state index is -0.321. The van der Waals surface area contributed by atoms with E-state index in [1.54, 1.807) is 19.2 Å². The zero-order valence-electron chi connectivity index (χ0n) is 15.5. The number of hydrogen-bond donors (Lipinski definition) is 1. The predicted octanol–water partition coefficient (Wildman–Crippen LogP) is 3.99. The molecule has 0 atom stereocenters. The van der Waals surface area contributed by atoms with Crippen LogP contribution < -0.4 is 14.8 Å². The van der Waals surface area contributed by atoms with Crippen LogP contribution in [0.1, 0.15) is 17.0 Å². The number of aromatic nitrogens is 2. The van der Waals surface area contributed by atoms with Crippen LogP contribution in [0.4, 0.5) is 11.6 Å². The topological polar surface area (TPSA) is 73.3 Å². The van der Waals surface area contributed by atoms with Crippen molar-refractivity contribution in [1.82, 2.24) is 9.97 Å². The fourth-order valence-electron chi connectivity index (χ4n) is 2.59. The predicted molar refractivity (Wildman–Crippen MR) is 104 cm³/mol. The molecule has 138 valence electrons. The average molecular weight is 363 g/mol. The molecule has 0 saturated heterocycles. The van der Waals surface area contributed by atoms with Crippen LogP contribution >= 0.6 is 0 Å². The van der Waals surface area contributed by atoms with Crippen molar-refractivity contribution >= 4 is 17.6 Å². The highest BCUT2D eigenvalue weighted by atomic mass is 16.5. The molecule has 0 aliphatic heterocycles. The number of ether oxygens (including phenoxy) is 2. The Morgan fingerprint density at radius 3 is 2.11 bits per heavy atom. The van der Waals surface area contributed by atoms with Crippen LogP contribution in [-0.4, -0.2) is 23.0 Å². The molecule has 0 saturated carbocycles. The summed E-state index contributed by atoms with van der Waals surface area (Å²) in [6.07, 6.45) is 0.195. The van der Waals surface area contributed by atoms with E-state index in [1.807, 2.05) is 56.3 Å². The van der Waals surface area contributed by atoms with Gasteiger partial charge in [-0.05, 0) is 61.9 Å². The first-order chi connectivity index (χ1) is 13.0. The van der Waals surface area contributed by atoms with E-state index in [2.05, 4.69) is 15.3 Å². The summed E-state index contributed by atoms with van der Waals surface area (Å²) in [7, 11) is 1.61. The minimum absolute atomic E-state index is 0.195. The third-order valence-electron chi connectivity index (χ3n) is 3.83. The maximum absolute atomic E-state index is 12.1. The summed E-state index contributed by atoms with van der Waals surface area (Å²) >= 11 is 0. The van der Waals surface area contributed by atoms with Crippen LogP contribution in [0.5, 0.6) is 11.5 Å². The van der Waals surface area contributed by atoms with E-state index >= 15 is 0 Å². The molecule has 0 aliphatic rings. The highest BCUT2D eigenvalue weighted by Crippen LogP contribution is 2.19. The molecular weight excluding hydrogens is 342 g/mol. The first-order valence-corrected chi connectivity index (χ1v) is 8.55. The molecule has 0 bridgehead atoms. The third-order valence-corrected chi connectivity index (χ3v) is 3.83. The molecule has 0 fully saturated rings. The van der Waals surface area contributed by atoms with Crippen molar-refractivity contribution in [2.75, 3.05) is 12.4 Å². The summed E-state index contributed by atoms with van der Waals surface area (Å²) in [6.45, 7) is 3.84. The molecule has 0 spiro atoms. The molecule has 27 heavy (non-hydrogen) atoms. The number of carbonyl (C=O) groups is 1. The van der Waals surface area contributed by atoms with Gasteiger partial charge in [0, 0.05) is 17.1 Å². The molecule has 6 heteroatoms. The van der Waals surface area contributed by atoms with E-state index in [-0.39, 0.29) is 12.4 Å². The number of nitrogens with zero attached hydrogens (tertiary/aromatic N) is 2. The zero-order valence-corrected chi connectivity index (χ0v) is 15.5. The largest absolute Gasteiger partial charge is 0.497 e. The molecular formula is C21H21N3O3. The Morgan fingerprint density at radius 1 is 0.926 bits per heavy atom. The maximum Gasteiger partial charge on any atom is 0.315 e.